The molecule has 0 aliphatic heterocycles. The molecule has 0 saturated carbocycles. The zero-order chi connectivity index (χ0) is 15.1. The van der Waals surface area contributed by atoms with Crippen LogP contribution in [0.15, 0.2) is 24.3 Å². The Morgan fingerprint density at radius 3 is 2.67 bits per heavy atom. The maximum absolute atomic E-state index is 4.57. The van der Waals surface area contributed by atoms with Crippen LogP contribution in [0.1, 0.15) is 46.0 Å². The zero-order valence-electron chi connectivity index (χ0n) is 13.3. The Balaban J connectivity index is 2.09. The van der Waals surface area contributed by atoms with Crippen molar-refractivity contribution in [3.8, 4) is 0 Å². The molecule has 1 heterocycles. The molecule has 0 fully saturated rings. The molecule has 0 spiro atoms. The summed E-state index contributed by atoms with van der Waals surface area (Å²) in [4.78, 5) is 9.06. The van der Waals surface area contributed by atoms with Crippen molar-refractivity contribution < 1.29 is 0 Å². The molecule has 21 heavy (non-hydrogen) atoms. The van der Waals surface area contributed by atoms with Gasteiger partial charge in [-0.1, -0.05) is 44.7 Å². The minimum absolute atomic E-state index is 0.421. The van der Waals surface area contributed by atoms with E-state index < -0.39 is 0 Å². The summed E-state index contributed by atoms with van der Waals surface area (Å²) in [5.41, 5.74) is 0.970. The van der Waals surface area contributed by atoms with Gasteiger partial charge in [0, 0.05) is 18.5 Å². The van der Waals surface area contributed by atoms with E-state index in [-0.39, 0.29) is 0 Å². The largest absolute Gasteiger partial charge is 0.367 e. The van der Waals surface area contributed by atoms with Gasteiger partial charge >= 0.3 is 0 Å². The summed E-state index contributed by atoms with van der Waals surface area (Å²) < 4.78 is 0. The number of benzene rings is 1. The van der Waals surface area contributed by atoms with E-state index in [1.807, 2.05) is 25.2 Å². The van der Waals surface area contributed by atoms with Crippen molar-refractivity contribution in [3.05, 3.63) is 24.3 Å². The molecular formula is C17H26N4. The van der Waals surface area contributed by atoms with Crippen LogP contribution in [0.5, 0.6) is 0 Å². The van der Waals surface area contributed by atoms with Crippen LogP contribution >= 0.6 is 0 Å². The molecule has 0 saturated heterocycles. The standard InChI is InChI=1S/C17H26N4/c1-4-5-6-7-10-13(2)19-16-14-11-8-9-12-15(14)20-17(18-3)21-16/h8-9,11-13H,4-7,10H2,1-3H3,(H2,18,19,20,21). The van der Waals surface area contributed by atoms with Gasteiger partial charge in [-0.2, -0.15) is 4.98 Å². The summed E-state index contributed by atoms with van der Waals surface area (Å²) in [5, 5.41) is 7.66. The molecule has 2 N–H and O–H groups in total. The number of rotatable bonds is 8. The van der Waals surface area contributed by atoms with Crippen LogP contribution in [-0.2, 0) is 0 Å². The maximum atomic E-state index is 4.57. The lowest BCUT2D eigenvalue weighted by Crippen LogP contribution is -2.17. The van der Waals surface area contributed by atoms with E-state index in [0.717, 1.165) is 16.7 Å². The van der Waals surface area contributed by atoms with Gasteiger partial charge in [-0.15, -0.1) is 0 Å². The second kappa shape index (κ2) is 7.81. The molecule has 0 aliphatic carbocycles. The molecule has 2 rings (SSSR count). The quantitative estimate of drug-likeness (QED) is 0.704. The SMILES string of the molecule is CCCCCCC(C)Nc1nc(NC)nc2ccccc12. The summed E-state index contributed by atoms with van der Waals surface area (Å²) in [7, 11) is 1.85. The zero-order valence-corrected chi connectivity index (χ0v) is 13.3. The number of para-hydroxylation sites is 1. The van der Waals surface area contributed by atoms with E-state index in [9.17, 15) is 0 Å². The van der Waals surface area contributed by atoms with Gasteiger partial charge in [0.2, 0.25) is 5.95 Å². The van der Waals surface area contributed by atoms with Crippen molar-refractivity contribution in [2.75, 3.05) is 17.7 Å². The second-order valence-corrected chi connectivity index (χ2v) is 5.56. The average Bonchev–Trinajstić information content (AvgIpc) is 2.51. The number of nitrogens with one attached hydrogen (secondary N) is 2. The van der Waals surface area contributed by atoms with Crippen LogP contribution in [0.4, 0.5) is 11.8 Å². The molecule has 1 unspecified atom stereocenters. The number of hydrogen-bond acceptors (Lipinski definition) is 4. The van der Waals surface area contributed by atoms with Crippen molar-refractivity contribution in [3.63, 3.8) is 0 Å². The summed E-state index contributed by atoms with van der Waals surface area (Å²) >= 11 is 0. The van der Waals surface area contributed by atoms with Crippen LogP contribution in [-0.4, -0.2) is 23.1 Å². The summed E-state index contributed by atoms with van der Waals surface area (Å²) in [6.45, 7) is 4.47. The highest BCUT2D eigenvalue weighted by Gasteiger charge is 2.09. The van der Waals surface area contributed by atoms with Crippen molar-refractivity contribution in [2.45, 2.75) is 52.0 Å². The Morgan fingerprint density at radius 2 is 1.90 bits per heavy atom. The van der Waals surface area contributed by atoms with Crippen LogP contribution in [0.2, 0.25) is 0 Å². The molecule has 1 aromatic heterocycles. The maximum Gasteiger partial charge on any atom is 0.224 e. The van der Waals surface area contributed by atoms with Gasteiger partial charge in [0.05, 0.1) is 5.52 Å². The van der Waals surface area contributed by atoms with Crippen LogP contribution in [0.3, 0.4) is 0 Å². The molecule has 0 amide bonds. The van der Waals surface area contributed by atoms with Gasteiger partial charge in [0.15, 0.2) is 0 Å². The Hall–Kier alpha value is -1.84. The molecule has 0 aliphatic rings. The lowest BCUT2D eigenvalue weighted by Gasteiger charge is -2.16. The van der Waals surface area contributed by atoms with E-state index in [1.165, 1.54) is 32.1 Å². The lowest BCUT2D eigenvalue weighted by atomic mass is 10.1. The highest BCUT2D eigenvalue weighted by Crippen LogP contribution is 2.23. The van der Waals surface area contributed by atoms with Crippen LogP contribution < -0.4 is 10.6 Å². The number of anilines is 2. The predicted molar refractivity (Wildman–Crippen MR) is 90.9 cm³/mol. The van der Waals surface area contributed by atoms with Crippen molar-refractivity contribution in [1.82, 2.24) is 9.97 Å². The summed E-state index contributed by atoms with van der Waals surface area (Å²) in [6, 6.07) is 8.55. The molecular weight excluding hydrogens is 260 g/mol. The Kier molecular flexibility index (Phi) is 5.78. The third-order valence-corrected chi connectivity index (χ3v) is 3.70. The Bertz CT molecular complexity index is 568. The number of nitrogens with zero attached hydrogens (tertiary/aromatic N) is 2. The third kappa shape index (κ3) is 4.31. The predicted octanol–water partition coefficient (Wildman–Crippen LogP) is 4.44. The first-order valence-corrected chi connectivity index (χ1v) is 7.95. The van der Waals surface area contributed by atoms with E-state index in [4.69, 9.17) is 0 Å². The Morgan fingerprint density at radius 1 is 1.10 bits per heavy atom. The molecule has 1 aromatic carbocycles. The van der Waals surface area contributed by atoms with E-state index >= 15 is 0 Å². The van der Waals surface area contributed by atoms with Gasteiger partial charge < -0.3 is 10.6 Å². The lowest BCUT2D eigenvalue weighted by molar-refractivity contribution is 0.593. The van der Waals surface area contributed by atoms with Crippen LogP contribution in [0.25, 0.3) is 10.9 Å². The second-order valence-electron chi connectivity index (χ2n) is 5.56. The minimum Gasteiger partial charge on any atom is -0.367 e. The number of fused-ring (bicyclic) bond motifs is 1. The van der Waals surface area contributed by atoms with Crippen molar-refractivity contribution in [1.29, 1.82) is 0 Å². The minimum atomic E-state index is 0.421. The number of unbranched alkanes of at least 4 members (excludes halogenated alkanes) is 3. The average molecular weight is 286 g/mol. The molecule has 2 aromatic rings. The van der Waals surface area contributed by atoms with Crippen LogP contribution in [0, 0.1) is 0 Å². The number of hydrogen-bond donors (Lipinski definition) is 2. The first-order valence-electron chi connectivity index (χ1n) is 7.95. The fraction of sp³-hybridized carbons (Fsp3) is 0.529. The molecule has 0 bridgehead atoms. The molecule has 4 heteroatoms. The first-order chi connectivity index (χ1) is 10.2. The summed E-state index contributed by atoms with van der Waals surface area (Å²) in [6.07, 6.45) is 6.36. The van der Waals surface area contributed by atoms with E-state index in [2.05, 4.69) is 40.5 Å². The van der Waals surface area contributed by atoms with Gasteiger partial charge in [-0.05, 0) is 25.5 Å². The topological polar surface area (TPSA) is 49.8 Å². The van der Waals surface area contributed by atoms with Crippen molar-refractivity contribution >= 4 is 22.7 Å². The van der Waals surface area contributed by atoms with Gasteiger partial charge in [0.1, 0.15) is 5.82 Å². The normalized spacial score (nSPS) is 12.3. The summed E-state index contributed by atoms with van der Waals surface area (Å²) in [5.74, 6) is 1.59. The van der Waals surface area contributed by atoms with E-state index in [1.54, 1.807) is 0 Å². The fourth-order valence-electron chi connectivity index (χ4n) is 2.48. The van der Waals surface area contributed by atoms with Crippen molar-refractivity contribution in [2.24, 2.45) is 0 Å². The fourth-order valence-corrected chi connectivity index (χ4v) is 2.48. The molecule has 4 nitrogen and oxygen atoms in total. The third-order valence-electron chi connectivity index (χ3n) is 3.70. The highest BCUT2D eigenvalue weighted by molar-refractivity contribution is 5.90. The van der Waals surface area contributed by atoms with Gasteiger partial charge in [0.25, 0.3) is 0 Å². The molecule has 1 atom stereocenters. The Labute approximate surface area is 127 Å². The monoisotopic (exact) mass is 286 g/mol. The van der Waals surface area contributed by atoms with E-state index in [0.29, 0.717) is 12.0 Å². The van der Waals surface area contributed by atoms with Gasteiger partial charge in [-0.3, -0.25) is 0 Å². The number of aromatic nitrogens is 2. The molecule has 0 radical (unpaired) electrons. The highest BCUT2D eigenvalue weighted by atomic mass is 15.1. The first kappa shape index (κ1) is 15.5. The molecule has 114 valence electrons. The smallest absolute Gasteiger partial charge is 0.224 e. The van der Waals surface area contributed by atoms with Gasteiger partial charge in [-0.25, -0.2) is 4.98 Å².